The van der Waals surface area contributed by atoms with Gasteiger partial charge in [-0.15, -0.1) is 18.3 Å². The molecule has 1 amide bonds. The molecule has 0 saturated heterocycles. The van der Waals surface area contributed by atoms with Gasteiger partial charge in [-0.25, -0.2) is 4.98 Å². The summed E-state index contributed by atoms with van der Waals surface area (Å²) in [5, 5.41) is 0. The molecule has 3 rings (SSSR count). The minimum absolute atomic E-state index is 0.0490. The average molecular weight is 364 g/mol. The lowest BCUT2D eigenvalue weighted by Crippen LogP contribution is -2.32. The van der Waals surface area contributed by atoms with Gasteiger partial charge in [-0.3, -0.25) is 4.79 Å². The maximum Gasteiger partial charge on any atom is 0.237 e. The van der Waals surface area contributed by atoms with Crippen LogP contribution in [0.4, 0.5) is 5.69 Å². The van der Waals surface area contributed by atoms with Gasteiger partial charge in [0, 0.05) is 23.5 Å². The molecule has 0 aliphatic heterocycles. The van der Waals surface area contributed by atoms with Crippen molar-refractivity contribution in [3.05, 3.63) is 85.3 Å². The lowest BCUT2D eigenvalue weighted by molar-refractivity contribution is -0.116. The molecule has 0 N–H and O–H groups in total. The second-order valence-electron chi connectivity index (χ2n) is 5.63. The van der Waals surface area contributed by atoms with Crippen molar-refractivity contribution < 1.29 is 9.21 Å². The van der Waals surface area contributed by atoms with Gasteiger partial charge in [0.25, 0.3) is 0 Å². The highest BCUT2D eigenvalue weighted by atomic mass is 32.2. The number of carbonyl (C=O) groups is 1. The van der Waals surface area contributed by atoms with Crippen molar-refractivity contribution in [3.8, 4) is 11.5 Å². The van der Waals surface area contributed by atoms with Crippen LogP contribution in [0.3, 0.4) is 0 Å². The first-order chi connectivity index (χ1) is 12.8. The lowest BCUT2D eigenvalue weighted by atomic mass is 10.2. The summed E-state index contributed by atoms with van der Waals surface area (Å²) in [7, 11) is 0. The number of para-hydroxylation sites is 1. The van der Waals surface area contributed by atoms with Crippen molar-refractivity contribution in [1.82, 2.24) is 4.98 Å². The predicted molar refractivity (Wildman–Crippen MR) is 107 cm³/mol. The van der Waals surface area contributed by atoms with E-state index in [1.807, 2.05) is 60.7 Å². The molecule has 0 saturated carbocycles. The third-order valence-corrected chi connectivity index (χ3v) is 4.68. The van der Waals surface area contributed by atoms with Crippen LogP contribution in [0.25, 0.3) is 11.5 Å². The van der Waals surface area contributed by atoms with Crippen LogP contribution in [-0.4, -0.2) is 23.2 Å². The fourth-order valence-electron chi connectivity index (χ4n) is 2.50. The number of amides is 1. The highest BCUT2D eigenvalue weighted by molar-refractivity contribution is 7.99. The van der Waals surface area contributed by atoms with E-state index in [1.54, 1.807) is 17.2 Å². The Labute approximate surface area is 157 Å². The summed E-state index contributed by atoms with van der Waals surface area (Å²) in [5.41, 5.74) is 2.66. The number of anilines is 1. The zero-order chi connectivity index (χ0) is 18.2. The second-order valence-corrected chi connectivity index (χ2v) is 6.62. The summed E-state index contributed by atoms with van der Waals surface area (Å²) in [6.45, 7) is 4.24. The van der Waals surface area contributed by atoms with Crippen LogP contribution in [0.5, 0.6) is 0 Å². The van der Waals surface area contributed by atoms with E-state index in [2.05, 4.69) is 11.6 Å². The maximum atomic E-state index is 12.6. The third kappa shape index (κ3) is 4.64. The Bertz CT molecular complexity index is 847. The molecule has 0 aliphatic rings. The van der Waals surface area contributed by atoms with Crippen molar-refractivity contribution in [3.63, 3.8) is 0 Å². The first kappa shape index (κ1) is 18.0. The fraction of sp³-hybridized carbons (Fsp3) is 0.143. The molecule has 0 aliphatic carbocycles. The predicted octanol–water partition coefficient (Wildman–Crippen LogP) is 4.79. The van der Waals surface area contributed by atoms with Crippen LogP contribution in [-0.2, 0) is 10.5 Å². The van der Waals surface area contributed by atoms with Crippen LogP contribution in [0.2, 0.25) is 0 Å². The molecule has 1 aromatic heterocycles. The van der Waals surface area contributed by atoms with Crippen molar-refractivity contribution in [2.75, 3.05) is 17.2 Å². The Morgan fingerprint density at radius 2 is 1.81 bits per heavy atom. The van der Waals surface area contributed by atoms with E-state index in [-0.39, 0.29) is 5.91 Å². The summed E-state index contributed by atoms with van der Waals surface area (Å²) >= 11 is 1.52. The molecule has 0 bridgehead atoms. The minimum Gasteiger partial charge on any atom is -0.444 e. The highest BCUT2D eigenvalue weighted by Gasteiger charge is 2.14. The van der Waals surface area contributed by atoms with E-state index < -0.39 is 0 Å². The van der Waals surface area contributed by atoms with Crippen LogP contribution < -0.4 is 4.90 Å². The Morgan fingerprint density at radius 3 is 2.50 bits per heavy atom. The smallest absolute Gasteiger partial charge is 0.237 e. The summed E-state index contributed by atoms with van der Waals surface area (Å²) in [5.74, 6) is 1.65. The Morgan fingerprint density at radius 1 is 1.12 bits per heavy atom. The number of thioether (sulfide) groups is 1. The van der Waals surface area contributed by atoms with Crippen LogP contribution in [0.15, 0.2) is 84.0 Å². The highest BCUT2D eigenvalue weighted by Crippen LogP contribution is 2.21. The van der Waals surface area contributed by atoms with E-state index >= 15 is 0 Å². The normalized spacial score (nSPS) is 10.5. The van der Waals surface area contributed by atoms with Crippen molar-refractivity contribution in [1.29, 1.82) is 0 Å². The molecule has 132 valence electrons. The molecule has 5 heteroatoms. The molecule has 26 heavy (non-hydrogen) atoms. The van der Waals surface area contributed by atoms with E-state index in [0.717, 1.165) is 16.9 Å². The molecule has 2 aromatic carbocycles. The van der Waals surface area contributed by atoms with Gasteiger partial charge in [-0.05, 0) is 24.3 Å². The Hall–Kier alpha value is -2.79. The number of aromatic nitrogens is 1. The number of oxazole rings is 1. The molecule has 0 radical (unpaired) electrons. The number of nitrogens with zero attached hydrogens (tertiary/aromatic N) is 2. The molecule has 0 atom stereocenters. The molecule has 0 spiro atoms. The molecule has 3 aromatic rings. The van der Waals surface area contributed by atoms with Gasteiger partial charge in [0.05, 0.1) is 11.4 Å². The molecule has 0 unspecified atom stereocenters. The molecular weight excluding hydrogens is 344 g/mol. The summed E-state index contributed by atoms with van der Waals surface area (Å²) in [4.78, 5) is 18.8. The van der Waals surface area contributed by atoms with Gasteiger partial charge in [-0.1, -0.05) is 42.5 Å². The summed E-state index contributed by atoms with van der Waals surface area (Å²) in [6, 6.07) is 19.4. The second kappa shape index (κ2) is 9.06. The number of carbonyl (C=O) groups excluding carboxylic acids is 1. The van der Waals surface area contributed by atoms with Gasteiger partial charge in [0.15, 0.2) is 0 Å². The van der Waals surface area contributed by atoms with E-state index in [1.165, 1.54) is 11.8 Å². The average Bonchev–Trinajstić information content (AvgIpc) is 3.16. The Balaban J connectivity index is 1.56. The van der Waals surface area contributed by atoms with Crippen LogP contribution >= 0.6 is 11.8 Å². The van der Waals surface area contributed by atoms with Crippen LogP contribution in [0.1, 0.15) is 5.69 Å². The van der Waals surface area contributed by atoms with Crippen LogP contribution in [0, 0.1) is 0 Å². The van der Waals surface area contributed by atoms with Crippen molar-refractivity contribution in [2.24, 2.45) is 0 Å². The number of hydrogen-bond acceptors (Lipinski definition) is 4. The number of benzene rings is 2. The minimum atomic E-state index is 0.0490. The van der Waals surface area contributed by atoms with Gasteiger partial charge in [-0.2, -0.15) is 0 Å². The third-order valence-electron chi connectivity index (χ3n) is 3.73. The SMILES string of the molecule is C=CCN(C(=O)CSCc1coc(-c2ccccc2)n1)c1ccccc1. The number of rotatable bonds is 8. The topological polar surface area (TPSA) is 46.3 Å². The Kier molecular flexibility index (Phi) is 6.28. The quantitative estimate of drug-likeness (QED) is 0.539. The molecule has 1 heterocycles. The molecule has 4 nitrogen and oxygen atoms in total. The summed E-state index contributed by atoms with van der Waals surface area (Å²) in [6.07, 6.45) is 3.39. The molecule has 0 fully saturated rings. The van der Waals surface area contributed by atoms with E-state index in [0.29, 0.717) is 23.9 Å². The monoisotopic (exact) mass is 364 g/mol. The zero-order valence-electron chi connectivity index (χ0n) is 14.4. The maximum absolute atomic E-state index is 12.6. The molecular formula is C21H20N2O2S. The standard InChI is InChI=1S/C21H20N2O2S/c1-2-13-23(19-11-7-4-8-12-19)20(24)16-26-15-18-14-25-21(22-18)17-9-5-3-6-10-17/h2-12,14H,1,13,15-16H2. The van der Waals surface area contributed by atoms with Gasteiger partial charge >= 0.3 is 0 Å². The largest absolute Gasteiger partial charge is 0.444 e. The summed E-state index contributed by atoms with van der Waals surface area (Å²) < 4.78 is 5.53. The van der Waals surface area contributed by atoms with Gasteiger partial charge in [0.2, 0.25) is 11.8 Å². The lowest BCUT2D eigenvalue weighted by Gasteiger charge is -2.21. The van der Waals surface area contributed by atoms with E-state index in [4.69, 9.17) is 4.42 Å². The first-order valence-electron chi connectivity index (χ1n) is 8.32. The fourth-order valence-corrected chi connectivity index (χ4v) is 3.27. The van der Waals surface area contributed by atoms with E-state index in [9.17, 15) is 4.79 Å². The van der Waals surface area contributed by atoms with Crippen molar-refractivity contribution in [2.45, 2.75) is 5.75 Å². The zero-order valence-corrected chi connectivity index (χ0v) is 15.2. The van der Waals surface area contributed by atoms with Gasteiger partial charge in [0.1, 0.15) is 6.26 Å². The van der Waals surface area contributed by atoms with Crippen molar-refractivity contribution >= 4 is 23.4 Å². The first-order valence-corrected chi connectivity index (χ1v) is 9.47. The van der Waals surface area contributed by atoms with Gasteiger partial charge < -0.3 is 9.32 Å². The number of hydrogen-bond donors (Lipinski definition) is 0.